The number of alkyl halides is 2. The number of nitrogens with zero attached hydrogens (tertiary/aromatic N) is 1. The van der Waals surface area contributed by atoms with Crippen LogP contribution in [0.2, 0.25) is 0 Å². The molecule has 0 saturated carbocycles. The van der Waals surface area contributed by atoms with Crippen LogP contribution >= 0.6 is 0 Å². The maximum Gasteiger partial charge on any atom is 0.256 e. The minimum absolute atomic E-state index is 0.212. The fraction of sp³-hybridized carbons (Fsp3) is 0.600. The Balaban J connectivity index is 2.45. The number of halogens is 2. The van der Waals surface area contributed by atoms with E-state index in [9.17, 15) is 8.78 Å². The van der Waals surface area contributed by atoms with E-state index in [2.05, 4.69) is 12.2 Å². The van der Waals surface area contributed by atoms with Crippen LogP contribution in [0.1, 0.15) is 19.0 Å². The molecule has 0 unspecified atom stereocenters. The highest BCUT2D eigenvalue weighted by Crippen LogP contribution is 2.05. The van der Waals surface area contributed by atoms with Crippen molar-refractivity contribution in [3.63, 3.8) is 0 Å². The molecule has 2 nitrogen and oxygen atoms in total. The molecule has 1 aromatic heterocycles. The summed E-state index contributed by atoms with van der Waals surface area (Å²) in [5.41, 5.74) is 0.916. The normalized spacial score (nSPS) is 11.1. The Kier molecular flexibility index (Phi) is 4.59. The van der Waals surface area contributed by atoms with Gasteiger partial charge in [0.05, 0.1) is 6.54 Å². The van der Waals surface area contributed by atoms with Crippen LogP contribution in [0.4, 0.5) is 8.78 Å². The Hall–Kier alpha value is -0.900. The monoisotopic (exact) mass is 202 g/mol. The van der Waals surface area contributed by atoms with Crippen LogP contribution in [0.3, 0.4) is 0 Å². The molecule has 0 bridgehead atoms. The molecule has 0 fully saturated rings. The smallest absolute Gasteiger partial charge is 0.256 e. The first kappa shape index (κ1) is 11.2. The van der Waals surface area contributed by atoms with Gasteiger partial charge in [0.2, 0.25) is 0 Å². The molecule has 1 N–H and O–H groups in total. The molecule has 0 atom stereocenters. The Bertz CT molecular complexity index is 258. The molecule has 0 aliphatic carbocycles. The quantitative estimate of drug-likeness (QED) is 0.700. The zero-order chi connectivity index (χ0) is 10.4. The van der Waals surface area contributed by atoms with Gasteiger partial charge in [0.15, 0.2) is 0 Å². The zero-order valence-electron chi connectivity index (χ0n) is 8.34. The molecule has 1 aromatic rings. The minimum Gasteiger partial charge on any atom is -0.345 e. The predicted octanol–water partition coefficient (Wildman–Crippen LogP) is 2.25. The lowest BCUT2D eigenvalue weighted by atomic mass is 10.4. The average molecular weight is 202 g/mol. The predicted molar refractivity (Wildman–Crippen MR) is 52.4 cm³/mol. The molecule has 0 amide bonds. The van der Waals surface area contributed by atoms with E-state index in [0.29, 0.717) is 6.54 Å². The summed E-state index contributed by atoms with van der Waals surface area (Å²) in [7, 11) is 0. The van der Waals surface area contributed by atoms with Gasteiger partial charge in [-0.2, -0.15) is 0 Å². The molecule has 0 aliphatic rings. The maximum atomic E-state index is 12.1. The first-order valence-electron chi connectivity index (χ1n) is 4.87. The maximum absolute atomic E-state index is 12.1. The van der Waals surface area contributed by atoms with Crippen LogP contribution in [0.15, 0.2) is 18.3 Å². The van der Waals surface area contributed by atoms with Gasteiger partial charge in [0, 0.05) is 18.4 Å². The van der Waals surface area contributed by atoms with Gasteiger partial charge in [-0.25, -0.2) is 8.78 Å². The van der Waals surface area contributed by atoms with Crippen LogP contribution in [0.25, 0.3) is 0 Å². The van der Waals surface area contributed by atoms with E-state index >= 15 is 0 Å². The Morgan fingerprint density at radius 3 is 2.93 bits per heavy atom. The average Bonchev–Trinajstić information content (AvgIpc) is 2.52. The van der Waals surface area contributed by atoms with Crippen LogP contribution < -0.4 is 5.32 Å². The molecular weight excluding hydrogens is 186 g/mol. The van der Waals surface area contributed by atoms with Gasteiger partial charge in [0.1, 0.15) is 0 Å². The van der Waals surface area contributed by atoms with Gasteiger partial charge < -0.3 is 9.88 Å². The van der Waals surface area contributed by atoms with Crippen molar-refractivity contribution in [3.8, 4) is 0 Å². The summed E-state index contributed by atoms with van der Waals surface area (Å²) in [6, 6.07) is 3.66. The lowest BCUT2D eigenvalue weighted by molar-refractivity contribution is 0.125. The Labute approximate surface area is 82.9 Å². The summed E-state index contributed by atoms with van der Waals surface area (Å²) in [6.07, 6.45) is 0.456. The molecule has 14 heavy (non-hydrogen) atoms. The second-order valence-corrected chi connectivity index (χ2v) is 3.22. The lowest BCUT2D eigenvalue weighted by Gasteiger charge is -2.08. The molecular formula is C10H16F2N2. The molecule has 0 radical (unpaired) electrons. The van der Waals surface area contributed by atoms with Crippen molar-refractivity contribution in [2.24, 2.45) is 0 Å². The standard InChI is InChI=1S/C10H16F2N2/c1-2-5-13-7-9-4-3-6-14(9)8-10(11)12/h3-4,6,10,13H,2,5,7-8H2,1H3. The number of hydrogen-bond donors (Lipinski definition) is 1. The third-order valence-electron chi connectivity index (χ3n) is 1.99. The van der Waals surface area contributed by atoms with E-state index in [1.54, 1.807) is 16.8 Å². The molecule has 1 rings (SSSR count). The van der Waals surface area contributed by atoms with Crippen LogP contribution in [0, 0.1) is 0 Å². The molecule has 4 heteroatoms. The summed E-state index contributed by atoms with van der Waals surface area (Å²) in [6.45, 7) is 3.44. The van der Waals surface area contributed by atoms with Gasteiger partial charge in [-0.1, -0.05) is 6.92 Å². The first-order chi connectivity index (χ1) is 6.74. The van der Waals surface area contributed by atoms with Gasteiger partial charge in [-0.3, -0.25) is 0 Å². The van der Waals surface area contributed by atoms with Gasteiger partial charge >= 0.3 is 0 Å². The van der Waals surface area contributed by atoms with E-state index in [4.69, 9.17) is 0 Å². The van der Waals surface area contributed by atoms with E-state index in [1.807, 2.05) is 6.07 Å². The number of hydrogen-bond acceptors (Lipinski definition) is 1. The fourth-order valence-corrected chi connectivity index (χ4v) is 1.33. The van der Waals surface area contributed by atoms with E-state index in [1.165, 1.54) is 0 Å². The van der Waals surface area contributed by atoms with Crippen LogP contribution in [-0.4, -0.2) is 17.5 Å². The number of rotatable bonds is 6. The van der Waals surface area contributed by atoms with Crippen molar-refractivity contribution in [1.82, 2.24) is 9.88 Å². The van der Waals surface area contributed by atoms with E-state index in [0.717, 1.165) is 18.7 Å². The van der Waals surface area contributed by atoms with Gasteiger partial charge in [0.25, 0.3) is 6.43 Å². The van der Waals surface area contributed by atoms with Crippen molar-refractivity contribution in [2.75, 3.05) is 6.54 Å². The largest absolute Gasteiger partial charge is 0.345 e. The Morgan fingerprint density at radius 1 is 1.50 bits per heavy atom. The van der Waals surface area contributed by atoms with Crippen molar-refractivity contribution in [3.05, 3.63) is 24.0 Å². The second-order valence-electron chi connectivity index (χ2n) is 3.22. The second kappa shape index (κ2) is 5.75. The molecule has 0 aliphatic heterocycles. The summed E-state index contributed by atoms with van der Waals surface area (Å²) >= 11 is 0. The fourth-order valence-electron chi connectivity index (χ4n) is 1.33. The third kappa shape index (κ3) is 3.46. The summed E-state index contributed by atoms with van der Waals surface area (Å²) in [5, 5.41) is 3.19. The summed E-state index contributed by atoms with van der Waals surface area (Å²) < 4.78 is 25.8. The first-order valence-corrected chi connectivity index (χ1v) is 4.87. The van der Waals surface area contributed by atoms with Crippen molar-refractivity contribution >= 4 is 0 Å². The molecule has 80 valence electrons. The molecule has 0 spiro atoms. The third-order valence-corrected chi connectivity index (χ3v) is 1.99. The van der Waals surface area contributed by atoms with Crippen molar-refractivity contribution in [1.29, 1.82) is 0 Å². The van der Waals surface area contributed by atoms with Crippen molar-refractivity contribution in [2.45, 2.75) is 32.9 Å². The highest BCUT2D eigenvalue weighted by Gasteiger charge is 2.06. The summed E-state index contributed by atoms with van der Waals surface area (Å²) in [4.78, 5) is 0. The topological polar surface area (TPSA) is 17.0 Å². The molecule has 0 saturated heterocycles. The van der Waals surface area contributed by atoms with Crippen LogP contribution in [0.5, 0.6) is 0 Å². The van der Waals surface area contributed by atoms with Crippen molar-refractivity contribution < 1.29 is 8.78 Å². The minimum atomic E-state index is -2.28. The Morgan fingerprint density at radius 2 is 2.29 bits per heavy atom. The number of nitrogens with one attached hydrogen (secondary N) is 1. The van der Waals surface area contributed by atoms with Crippen LogP contribution in [-0.2, 0) is 13.1 Å². The SMILES string of the molecule is CCCNCc1cccn1CC(F)F. The lowest BCUT2D eigenvalue weighted by Crippen LogP contribution is -2.18. The van der Waals surface area contributed by atoms with E-state index in [-0.39, 0.29) is 6.54 Å². The van der Waals surface area contributed by atoms with Gasteiger partial charge in [-0.15, -0.1) is 0 Å². The highest BCUT2D eigenvalue weighted by atomic mass is 19.3. The zero-order valence-corrected chi connectivity index (χ0v) is 8.34. The highest BCUT2D eigenvalue weighted by molar-refractivity contribution is 5.06. The molecule has 1 heterocycles. The summed E-state index contributed by atoms with van der Waals surface area (Å²) in [5.74, 6) is 0. The molecule has 0 aromatic carbocycles. The van der Waals surface area contributed by atoms with Gasteiger partial charge in [-0.05, 0) is 25.1 Å². The van der Waals surface area contributed by atoms with E-state index < -0.39 is 6.43 Å². The number of aromatic nitrogens is 1.